The Kier molecular flexibility index (Phi) is 4.01. The number of hydrogen-bond donors (Lipinski definition) is 0. The number of benzene rings is 1. The molecule has 2 fully saturated rings. The Morgan fingerprint density at radius 2 is 2.14 bits per heavy atom. The molecule has 2 atom stereocenters. The highest BCUT2D eigenvalue weighted by Gasteiger charge is 2.53. The molecule has 0 amide bonds. The van der Waals surface area contributed by atoms with E-state index < -0.39 is 15.8 Å². The second-order valence-electron chi connectivity index (χ2n) is 6.54. The monoisotopic (exact) mass is 328 g/mol. The van der Waals surface area contributed by atoms with Gasteiger partial charge in [0.2, 0.25) is 10.0 Å². The number of ether oxygens (including phenoxy) is 1. The third kappa shape index (κ3) is 2.56. The van der Waals surface area contributed by atoms with Crippen LogP contribution in [0.1, 0.15) is 0 Å². The van der Waals surface area contributed by atoms with Crippen molar-refractivity contribution in [2.24, 2.45) is 11.3 Å². The lowest BCUT2D eigenvalue weighted by Crippen LogP contribution is -2.41. The minimum Gasteiger partial charge on any atom is -0.380 e. The SMILES string of the molecule is CN(C)C[C@]12COC[C@H]1CN(S(=O)(=O)c1ccccc1F)C2. The summed E-state index contributed by atoms with van der Waals surface area (Å²) in [4.78, 5) is 1.82. The van der Waals surface area contributed by atoms with E-state index in [4.69, 9.17) is 4.74 Å². The van der Waals surface area contributed by atoms with Crippen LogP contribution < -0.4 is 0 Å². The van der Waals surface area contributed by atoms with Gasteiger partial charge in [0.05, 0.1) is 13.2 Å². The highest BCUT2D eigenvalue weighted by molar-refractivity contribution is 7.89. The van der Waals surface area contributed by atoms with Crippen molar-refractivity contribution in [3.8, 4) is 0 Å². The van der Waals surface area contributed by atoms with Crippen molar-refractivity contribution >= 4 is 10.0 Å². The van der Waals surface area contributed by atoms with E-state index in [0.717, 1.165) is 6.54 Å². The van der Waals surface area contributed by atoms with E-state index in [1.165, 1.54) is 22.5 Å². The summed E-state index contributed by atoms with van der Waals surface area (Å²) in [7, 11) is 0.140. The lowest BCUT2D eigenvalue weighted by atomic mass is 9.81. The predicted molar refractivity (Wildman–Crippen MR) is 80.5 cm³/mol. The minimum absolute atomic E-state index is 0.163. The summed E-state index contributed by atoms with van der Waals surface area (Å²) in [6, 6.07) is 5.55. The lowest BCUT2D eigenvalue weighted by Gasteiger charge is -2.30. The van der Waals surface area contributed by atoms with Gasteiger partial charge in [-0.25, -0.2) is 12.8 Å². The van der Waals surface area contributed by atoms with E-state index in [1.54, 1.807) is 6.07 Å². The van der Waals surface area contributed by atoms with E-state index in [-0.39, 0.29) is 16.2 Å². The molecule has 0 aromatic heterocycles. The van der Waals surface area contributed by atoms with Gasteiger partial charge in [-0.05, 0) is 26.2 Å². The van der Waals surface area contributed by atoms with Crippen LogP contribution in [0.15, 0.2) is 29.2 Å². The molecule has 2 heterocycles. The molecule has 2 aliphatic heterocycles. The molecule has 2 saturated heterocycles. The van der Waals surface area contributed by atoms with Crippen molar-refractivity contribution in [3.63, 3.8) is 0 Å². The first-order chi connectivity index (χ1) is 10.3. The zero-order valence-electron chi connectivity index (χ0n) is 12.8. The van der Waals surface area contributed by atoms with Crippen molar-refractivity contribution in [1.29, 1.82) is 0 Å². The average Bonchev–Trinajstić information content (AvgIpc) is 2.94. The third-order valence-corrected chi connectivity index (χ3v) is 6.42. The molecule has 0 bridgehead atoms. The van der Waals surface area contributed by atoms with E-state index in [0.29, 0.717) is 26.3 Å². The second-order valence-corrected chi connectivity index (χ2v) is 8.45. The number of fused-ring (bicyclic) bond motifs is 1. The molecule has 5 nitrogen and oxygen atoms in total. The molecule has 0 saturated carbocycles. The van der Waals surface area contributed by atoms with Crippen molar-refractivity contribution in [2.45, 2.75) is 4.90 Å². The Morgan fingerprint density at radius 3 is 2.82 bits per heavy atom. The van der Waals surface area contributed by atoms with Gasteiger partial charge in [0.1, 0.15) is 10.7 Å². The van der Waals surface area contributed by atoms with E-state index in [1.807, 2.05) is 14.1 Å². The van der Waals surface area contributed by atoms with Crippen molar-refractivity contribution in [3.05, 3.63) is 30.1 Å². The molecule has 122 valence electrons. The molecular weight excluding hydrogens is 307 g/mol. The molecule has 22 heavy (non-hydrogen) atoms. The highest BCUT2D eigenvalue weighted by Crippen LogP contribution is 2.43. The van der Waals surface area contributed by atoms with Crippen LogP contribution in [0.3, 0.4) is 0 Å². The fourth-order valence-corrected chi connectivity index (χ4v) is 5.26. The molecule has 3 rings (SSSR count). The Bertz CT molecular complexity index is 665. The van der Waals surface area contributed by atoms with Gasteiger partial charge >= 0.3 is 0 Å². The van der Waals surface area contributed by atoms with Crippen LogP contribution in [-0.4, -0.2) is 64.6 Å². The summed E-state index contributed by atoms with van der Waals surface area (Å²) >= 11 is 0. The van der Waals surface area contributed by atoms with Gasteiger partial charge in [-0.15, -0.1) is 0 Å². The molecule has 0 spiro atoms. The van der Waals surface area contributed by atoms with Gasteiger partial charge in [0.25, 0.3) is 0 Å². The summed E-state index contributed by atoms with van der Waals surface area (Å²) in [6.45, 7) is 2.66. The smallest absolute Gasteiger partial charge is 0.246 e. The quantitative estimate of drug-likeness (QED) is 0.828. The first-order valence-electron chi connectivity index (χ1n) is 7.32. The first kappa shape index (κ1) is 15.9. The molecule has 0 aliphatic carbocycles. The van der Waals surface area contributed by atoms with Gasteiger partial charge in [0, 0.05) is 31.0 Å². The zero-order valence-corrected chi connectivity index (χ0v) is 13.6. The highest BCUT2D eigenvalue weighted by atomic mass is 32.2. The Labute approximate surface area is 130 Å². The van der Waals surface area contributed by atoms with Gasteiger partial charge < -0.3 is 9.64 Å². The van der Waals surface area contributed by atoms with Crippen molar-refractivity contribution < 1.29 is 17.5 Å². The maximum absolute atomic E-state index is 13.9. The lowest BCUT2D eigenvalue weighted by molar-refractivity contribution is 0.123. The number of hydrogen-bond acceptors (Lipinski definition) is 4. The van der Waals surface area contributed by atoms with Crippen LogP contribution in [0, 0.1) is 17.2 Å². The summed E-state index contributed by atoms with van der Waals surface area (Å²) in [5.74, 6) is -0.533. The van der Waals surface area contributed by atoms with Gasteiger partial charge in [-0.3, -0.25) is 0 Å². The molecular formula is C15H21FN2O3S. The Balaban J connectivity index is 1.90. The molecule has 2 aliphatic rings. The standard InChI is InChI=1S/C15H21FN2O3S/c1-17(2)9-15-10-18(7-12(15)8-21-11-15)22(19,20)14-6-4-3-5-13(14)16/h3-6,12H,7-11H2,1-2H3/t12-,15+/m1/s1. The summed E-state index contributed by atoms with van der Waals surface area (Å²) in [5, 5.41) is 0. The molecule has 0 N–H and O–H groups in total. The topological polar surface area (TPSA) is 49.9 Å². The van der Waals surface area contributed by atoms with Crippen LogP contribution in [-0.2, 0) is 14.8 Å². The zero-order chi connectivity index (χ0) is 16.0. The normalized spacial score (nSPS) is 29.2. The van der Waals surface area contributed by atoms with Crippen LogP contribution in [0.2, 0.25) is 0 Å². The predicted octanol–water partition coefficient (Wildman–Crippen LogP) is 1.02. The molecule has 7 heteroatoms. The number of nitrogens with zero attached hydrogens (tertiary/aromatic N) is 2. The van der Waals surface area contributed by atoms with Gasteiger partial charge in [-0.2, -0.15) is 4.31 Å². The van der Waals surface area contributed by atoms with Gasteiger partial charge in [-0.1, -0.05) is 12.1 Å². The van der Waals surface area contributed by atoms with E-state index >= 15 is 0 Å². The second kappa shape index (κ2) is 5.56. The Hall–Kier alpha value is -1.02. The van der Waals surface area contributed by atoms with Crippen LogP contribution >= 0.6 is 0 Å². The van der Waals surface area contributed by atoms with E-state index in [9.17, 15) is 12.8 Å². The summed E-state index contributed by atoms with van der Waals surface area (Å²) < 4.78 is 46.4. The number of halogens is 1. The fourth-order valence-electron chi connectivity index (χ4n) is 3.61. The molecule has 0 unspecified atom stereocenters. The molecule has 0 radical (unpaired) electrons. The first-order valence-corrected chi connectivity index (χ1v) is 8.76. The van der Waals surface area contributed by atoms with Crippen LogP contribution in [0.4, 0.5) is 4.39 Å². The fraction of sp³-hybridized carbons (Fsp3) is 0.600. The van der Waals surface area contributed by atoms with E-state index in [2.05, 4.69) is 4.90 Å². The minimum atomic E-state index is -3.80. The molecule has 1 aromatic rings. The average molecular weight is 328 g/mol. The maximum atomic E-state index is 13.9. The maximum Gasteiger partial charge on any atom is 0.246 e. The van der Waals surface area contributed by atoms with Crippen LogP contribution in [0.5, 0.6) is 0 Å². The van der Waals surface area contributed by atoms with Crippen LogP contribution in [0.25, 0.3) is 0 Å². The van der Waals surface area contributed by atoms with Gasteiger partial charge in [0.15, 0.2) is 0 Å². The van der Waals surface area contributed by atoms with Crippen molar-refractivity contribution in [2.75, 3.05) is 46.9 Å². The number of rotatable bonds is 4. The number of sulfonamides is 1. The summed E-state index contributed by atoms with van der Waals surface area (Å²) in [5.41, 5.74) is -0.193. The molecule has 1 aromatic carbocycles. The summed E-state index contributed by atoms with van der Waals surface area (Å²) in [6.07, 6.45) is 0. The van der Waals surface area contributed by atoms with Crippen molar-refractivity contribution in [1.82, 2.24) is 9.21 Å². The third-order valence-electron chi connectivity index (χ3n) is 4.58. The Morgan fingerprint density at radius 1 is 1.41 bits per heavy atom. The largest absolute Gasteiger partial charge is 0.380 e.